The summed E-state index contributed by atoms with van der Waals surface area (Å²) in [5.41, 5.74) is 1.66. The van der Waals surface area contributed by atoms with Crippen LogP contribution < -0.4 is 0 Å². The molecule has 0 bridgehead atoms. The average molecular weight is 180 g/mol. The van der Waals surface area contributed by atoms with E-state index in [-0.39, 0.29) is 0 Å². The van der Waals surface area contributed by atoms with Gasteiger partial charge in [0, 0.05) is 0 Å². The van der Waals surface area contributed by atoms with Gasteiger partial charge in [-0.15, -0.1) is 5.10 Å². The Balaban J connectivity index is 2.14. The molecule has 0 aromatic carbocycles. The zero-order valence-corrected chi connectivity index (χ0v) is 6.69. The van der Waals surface area contributed by atoms with Crippen LogP contribution in [-0.4, -0.2) is 30.0 Å². The van der Waals surface area contributed by atoms with Gasteiger partial charge < -0.3 is 0 Å². The molecule has 0 unspecified atom stereocenters. The minimum atomic E-state index is 0.588. The van der Waals surface area contributed by atoms with Crippen molar-refractivity contribution in [2.24, 2.45) is 0 Å². The van der Waals surface area contributed by atoms with Crippen molar-refractivity contribution in [2.75, 3.05) is 0 Å². The lowest BCUT2D eigenvalue weighted by Gasteiger charge is -1.78. The number of nitrogens with one attached hydrogen (secondary N) is 1. The molecular weight excluding hydrogens is 176 g/mol. The van der Waals surface area contributed by atoms with Crippen LogP contribution in [-0.2, 0) is 0 Å². The Morgan fingerprint density at radius 1 is 1.42 bits per heavy atom. The molecule has 0 amide bonds. The summed E-state index contributed by atoms with van der Waals surface area (Å²) >= 11 is 1.30. The molecule has 1 N–H and O–H groups in total. The molecule has 0 aliphatic rings. The number of rotatable bonds is 2. The summed E-state index contributed by atoms with van der Waals surface area (Å²) in [6, 6.07) is 0. The molecule has 2 heterocycles. The fourth-order valence-corrected chi connectivity index (χ4v) is 1.06. The van der Waals surface area contributed by atoms with E-state index < -0.39 is 0 Å². The zero-order valence-electron chi connectivity index (χ0n) is 5.88. The highest BCUT2D eigenvalue weighted by Gasteiger charge is 1.91. The summed E-state index contributed by atoms with van der Waals surface area (Å²) in [6.45, 7) is 0. The molecule has 12 heavy (non-hydrogen) atoms. The van der Waals surface area contributed by atoms with Crippen molar-refractivity contribution >= 4 is 23.7 Å². The van der Waals surface area contributed by atoms with E-state index in [2.05, 4.69) is 30.0 Å². The normalized spacial score (nSPS) is 11.0. The van der Waals surface area contributed by atoms with E-state index in [4.69, 9.17) is 0 Å². The fourth-order valence-electron chi connectivity index (χ4n) is 0.643. The second-order valence-electron chi connectivity index (χ2n) is 1.91. The Kier molecular flexibility index (Phi) is 1.87. The van der Waals surface area contributed by atoms with Gasteiger partial charge >= 0.3 is 0 Å². The second-order valence-corrected chi connectivity index (χ2v) is 2.51. The number of nitrogens with zero attached hydrogens (tertiary/aromatic N) is 5. The Hall–Kier alpha value is -1.63. The Bertz CT molecular complexity index is 313. The number of aromatic nitrogens is 6. The first kappa shape index (κ1) is 7.04. The maximum Gasteiger partial charge on any atom is 0.172 e. The van der Waals surface area contributed by atoms with Gasteiger partial charge in [0.25, 0.3) is 0 Å². The van der Waals surface area contributed by atoms with Gasteiger partial charge in [0.05, 0.1) is 0 Å². The van der Waals surface area contributed by atoms with E-state index in [1.165, 1.54) is 11.5 Å². The molecule has 2 rings (SSSR count). The van der Waals surface area contributed by atoms with Crippen molar-refractivity contribution in [1.82, 2.24) is 30.0 Å². The third-order valence-corrected chi connectivity index (χ3v) is 1.62. The van der Waals surface area contributed by atoms with Crippen molar-refractivity contribution in [2.45, 2.75) is 0 Å². The maximum atomic E-state index is 3.98. The maximum absolute atomic E-state index is 3.98. The summed E-state index contributed by atoms with van der Waals surface area (Å²) in [5.74, 6) is 1.25. The van der Waals surface area contributed by atoms with Crippen LogP contribution in [0.2, 0.25) is 0 Å². The van der Waals surface area contributed by atoms with Gasteiger partial charge in [-0.2, -0.15) is 4.37 Å². The number of H-pyrrole nitrogens is 1. The third-order valence-electron chi connectivity index (χ3n) is 1.13. The van der Waals surface area contributed by atoms with Crippen molar-refractivity contribution in [3.8, 4) is 0 Å². The van der Waals surface area contributed by atoms with Crippen LogP contribution in [0.1, 0.15) is 11.6 Å². The van der Waals surface area contributed by atoms with E-state index >= 15 is 0 Å². The standard InChI is InChI=1S/C5H4N6S/c1(4-6-3-12-9-4)2-5-7-10-11-8-5/h1-3H,(H,7,8,10,11). The monoisotopic (exact) mass is 180 g/mol. The summed E-state index contributed by atoms with van der Waals surface area (Å²) in [6.07, 6.45) is 3.45. The smallest absolute Gasteiger partial charge is 0.172 e. The van der Waals surface area contributed by atoms with Crippen LogP contribution in [0, 0.1) is 0 Å². The molecule has 7 heteroatoms. The molecule has 0 saturated heterocycles. The fraction of sp³-hybridized carbons (Fsp3) is 0. The Morgan fingerprint density at radius 2 is 2.42 bits per heavy atom. The lowest BCUT2D eigenvalue weighted by molar-refractivity contribution is 0.881. The van der Waals surface area contributed by atoms with Crippen molar-refractivity contribution in [3.63, 3.8) is 0 Å². The molecule has 0 aliphatic carbocycles. The molecule has 0 atom stereocenters. The average Bonchev–Trinajstić information content (AvgIpc) is 2.74. The van der Waals surface area contributed by atoms with E-state index in [9.17, 15) is 0 Å². The largest absolute Gasteiger partial charge is 0.239 e. The predicted octanol–water partition coefficient (Wildman–Crippen LogP) is 0.222. The van der Waals surface area contributed by atoms with Gasteiger partial charge in [-0.05, 0) is 34.1 Å². The first-order chi connectivity index (χ1) is 5.95. The number of hydrogen-bond acceptors (Lipinski definition) is 6. The number of hydrogen-bond donors (Lipinski definition) is 1. The highest BCUT2D eigenvalue weighted by Crippen LogP contribution is 1.99. The van der Waals surface area contributed by atoms with E-state index in [1.54, 1.807) is 17.7 Å². The molecule has 2 aromatic rings. The molecule has 0 spiro atoms. The van der Waals surface area contributed by atoms with Gasteiger partial charge in [0.2, 0.25) is 0 Å². The van der Waals surface area contributed by atoms with Gasteiger partial charge in [0.1, 0.15) is 5.51 Å². The molecule has 0 fully saturated rings. The highest BCUT2D eigenvalue weighted by molar-refractivity contribution is 7.03. The minimum Gasteiger partial charge on any atom is -0.239 e. The topological polar surface area (TPSA) is 80.2 Å². The Labute approximate surface area is 71.5 Å². The van der Waals surface area contributed by atoms with Crippen molar-refractivity contribution < 1.29 is 0 Å². The van der Waals surface area contributed by atoms with Gasteiger partial charge in [0.15, 0.2) is 11.6 Å². The van der Waals surface area contributed by atoms with Gasteiger partial charge in [-0.3, -0.25) is 0 Å². The third kappa shape index (κ3) is 1.51. The van der Waals surface area contributed by atoms with Crippen LogP contribution in [0.25, 0.3) is 12.2 Å². The first-order valence-electron chi connectivity index (χ1n) is 3.13. The van der Waals surface area contributed by atoms with Crippen LogP contribution in [0.4, 0.5) is 0 Å². The quantitative estimate of drug-likeness (QED) is 0.715. The van der Waals surface area contributed by atoms with Crippen molar-refractivity contribution in [3.05, 3.63) is 17.2 Å². The molecule has 2 aromatic heterocycles. The summed E-state index contributed by atoms with van der Waals surface area (Å²) in [7, 11) is 0. The Morgan fingerprint density at radius 3 is 3.08 bits per heavy atom. The summed E-state index contributed by atoms with van der Waals surface area (Å²) in [5, 5.41) is 13.1. The molecule has 0 saturated carbocycles. The van der Waals surface area contributed by atoms with Gasteiger partial charge in [-0.25, -0.2) is 10.1 Å². The molecule has 60 valence electrons. The van der Waals surface area contributed by atoms with E-state index in [0.29, 0.717) is 11.6 Å². The minimum absolute atomic E-state index is 0.588. The molecule has 0 radical (unpaired) electrons. The van der Waals surface area contributed by atoms with Crippen LogP contribution in [0.5, 0.6) is 0 Å². The number of aromatic amines is 1. The van der Waals surface area contributed by atoms with E-state index in [0.717, 1.165) is 0 Å². The van der Waals surface area contributed by atoms with Crippen LogP contribution in [0.15, 0.2) is 5.51 Å². The van der Waals surface area contributed by atoms with E-state index in [1.807, 2.05) is 0 Å². The highest BCUT2D eigenvalue weighted by atomic mass is 32.1. The lowest BCUT2D eigenvalue weighted by Crippen LogP contribution is -1.76. The SMILES string of the molecule is C(=Cc1nnn[nH]1)c1ncsn1. The van der Waals surface area contributed by atoms with Crippen molar-refractivity contribution in [1.29, 1.82) is 0 Å². The first-order valence-corrected chi connectivity index (χ1v) is 3.97. The predicted molar refractivity (Wildman–Crippen MR) is 43.0 cm³/mol. The van der Waals surface area contributed by atoms with Gasteiger partial charge in [-0.1, -0.05) is 0 Å². The summed E-state index contributed by atoms with van der Waals surface area (Å²) < 4.78 is 3.98. The molecule has 6 nitrogen and oxygen atoms in total. The lowest BCUT2D eigenvalue weighted by atomic mass is 10.4. The second kappa shape index (κ2) is 3.18. The van der Waals surface area contributed by atoms with Crippen LogP contribution >= 0.6 is 11.5 Å². The summed E-state index contributed by atoms with van der Waals surface area (Å²) in [4.78, 5) is 3.95. The molecular formula is C5H4N6S. The van der Waals surface area contributed by atoms with Crippen LogP contribution in [0.3, 0.4) is 0 Å². The number of tetrazole rings is 1. The zero-order chi connectivity index (χ0) is 8.23. The molecule has 0 aliphatic heterocycles.